The second kappa shape index (κ2) is 5.94. The van der Waals surface area contributed by atoms with Crippen LogP contribution in [0.5, 0.6) is 0 Å². The predicted molar refractivity (Wildman–Crippen MR) is 56.6 cm³/mol. The summed E-state index contributed by atoms with van der Waals surface area (Å²) in [6, 6.07) is 4.67. The summed E-state index contributed by atoms with van der Waals surface area (Å²) in [6.45, 7) is 1.71. The highest BCUT2D eigenvalue weighted by Gasteiger charge is 2.27. The fraction of sp³-hybridized carbons (Fsp3) is 0.364. The van der Waals surface area contributed by atoms with E-state index >= 15 is 0 Å². The van der Waals surface area contributed by atoms with E-state index in [0.29, 0.717) is 5.56 Å². The number of aliphatic hydroxyl groups is 2. The van der Waals surface area contributed by atoms with Crippen LogP contribution >= 0.6 is 0 Å². The molecule has 0 aliphatic carbocycles. The molecule has 90 valence electrons. The number of hydrogen-bond donors (Lipinski definition) is 2. The van der Waals surface area contributed by atoms with Crippen molar-refractivity contribution < 1.29 is 19.7 Å². The van der Waals surface area contributed by atoms with Crippen molar-refractivity contribution in [1.82, 2.24) is 4.98 Å². The number of esters is 1. The molecule has 1 aromatic rings. The molecule has 0 saturated heterocycles. The monoisotopic (exact) mass is 236 g/mol. The summed E-state index contributed by atoms with van der Waals surface area (Å²) in [5.41, 5.74) is 0.427. The van der Waals surface area contributed by atoms with E-state index in [9.17, 15) is 15.0 Å². The molecule has 0 spiro atoms. The van der Waals surface area contributed by atoms with E-state index in [0.717, 1.165) is 0 Å². The van der Waals surface area contributed by atoms with Gasteiger partial charge in [0.2, 0.25) is 0 Å². The fourth-order valence-electron chi connectivity index (χ4n) is 1.16. The predicted octanol–water partition coefficient (Wildman–Crippen LogP) is -0.0893. The number of nitriles is 1. The van der Waals surface area contributed by atoms with Crippen LogP contribution < -0.4 is 0 Å². The van der Waals surface area contributed by atoms with E-state index in [2.05, 4.69) is 9.72 Å². The Morgan fingerprint density at radius 1 is 1.59 bits per heavy atom. The highest BCUT2D eigenvalue weighted by Crippen LogP contribution is 2.15. The Bertz CT molecular complexity index is 424. The zero-order valence-corrected chi connectivity index (χ0v) is 9.20. The largest absolute Gasteiger partial charge is 0.464 e. The minimum absolute atomic E-state index is 0.101. The van der Waals surface area contributed by atoms with Crippen molar-refractivity contribution in [2.45, 2.75) is 19.1 Å². The Hall–Kier alpha value is -1.97. The Morgan fingerprint density at radius 3 is 2.76 bits per heavy atom. The number of carbonyl (C=O) groups excluding carboxylic acids is 1. The highest BCUT2D eigenvalue weighted by molar-refractivity contribution is 5.75. The van der Waals surface area contributed by atoms with Crippen molar-refractivity contribution in [3.63, 3.8) is 0 Å². The molecule has 0 amide bonds. The standard InChI is InChI=1S/C11H12N2O4/c1-2-17-11(16)10(15)9(14)8-4-3-7(5-12)6-13-8/h3-4,6,9-10,14-15H,2H2,1H3. The Labute approximate surface area is 98.1 Å². The molecule has 6 nitrogen and oxygen atoms in total. The first-order chi connectivity index (χ1) is 8.10. The number of aliphatic hydroxyl groups excluding tert-OH is 2. The van der Waals surface area contributed by atoms with Crippen molar-refractivity contribution >= 4 is 5.97 Å². The average molecular weight is 236 g/mol. The number of aromatic nitrogens is 1. The van der Waals surface area contributed by atoms with Gasteiger partial charge in [-0.2, -0.15) is 5.26 Å². The third-order valence-electron chi connectivity index (χ3n) is 2.05. The molecule has 6 heteroatoms. The normalized spacial score (nSPS) is 13.5. The van der Waals surface area contributed by atoms with Crippen molar-refractivity contribution in [2.24, 2.45) is 0 Å². The first-order valence-corrected chi connectivity index (χ1v) is 4.99. The van der Waals surface area contributed by atoms with Gasteiger partial charge in [-0.3, -0.25) is 4.98 Å². The molecule has 1 heterocycles. The van der Waals surface area contributed by atoms with Crippen LogP contribution in [0.1, 0.15) is 24.3 Å². The van der Waals surface area contributed by atoms with E-state index in [1.54, 1.807) is 6.92 Å². The van der Waals surface area contributed by atoms with Gasteiger partial charge in [-0.05, 0) is 19.1 Å². The molecule has 2 unspecified atom stereocenters. The van der Waals surface area contributed by atoms with Crippen LogP contribution in [0.25, 0.3) is 0 Å². The van der Waals surface area contributed by atoms with Gasteiger partial charge in [-0.25, -0.2) is 4.79 Å². The lowest BCUT2D eigenvalue weighted by atomic mass is 10.1. The van der Waals surface area contributed by atoms with E-state index in [4.69, 9.17) is 5.26 Å². The van der Waals surface area contributed by atoms with Crippen molar-refractivity contribution in [2.75, 3.05) is 6.61 Å². The number of rotatable bonds is 4. The van der Waals surface area contributed by atoms with Gasteiger partial charge < -0.3 is 14.9 Å². The van der Waals surface area contributed by atoms with Crippen LogP contribution in [0.3, 0.4) is 0 Å². The first kappa shape index (κ1) is 13.1. The zero-order chi connectivity index (χ0) is 12.8. The van der Waals surface area contributed by atoms with E-state index in [-0.39, 0.29) is 12.3 Å². The molecule has 2 N–H and O–H groups in total. The summed E-state index contributed by atoms with van der Waals surface area (Å²) in [7, 11) is 0. The molecule has 0 aromatic carbocycles. The van der Waals surface area contributed by atoms with E-state index in [1.807, 2.05) is 6.07 Å². The van der Waals surface area contributed by atoms with Gasteiger partial charge in [0, 0.05) is 6.20 Å². The van der Waals surface area contributed by atoms with E-state index in [1.165, 1.54) is 18.3 Å². The van der Waals surface area contributed by atoms with Gasteiger partial charge in [-0.15, -0.1) is 0 Å². The lowest BCUT2D eigenvalue weighted by molar-refractivity contribution is -0.159. The second-order valence-corrected chi connectivity index (χ2v) is 3.23. The van der Waals surface area contributed by atoms with Gasteiger partial charge in [0.25, 0.3) is 0 Å². The molecule has 0 saturated carbocycles. The van der Waals surface area contributed by atoms with Gasteiger partial charge >= 0.3 is 5.97 Å². The van der Waals surface area contributed by atoms with Gasteiger partial charge in [0.15, 0.2) is 6.10 Å². The zero-order valence-electron chi connectivity index (χ0n) is 9.20. The molecule has 2 atom stereocenters. The number of nitrogens with zero attached hydrogens (tertiary/aromatic N) is 2. The van der Waals surface area contributed by atoms with Gasteiger partial charge in [0.05, 0.1) is 17.9 Å². The number of ether oxygens (including phenoxy) is 1. The topological polar surface area (TPSA) is 103 Å². The van der Waals surface area contributed by atoms with Crippen LogP contribution in [0.15, 0.2) is 18.3 Å². The van der Waals surface area contributed by atoms with Crippen LogP contribution in [0, 0.1) is 11.3 Å². The maximum absolute atomic E-state index is 11.2. The molecule has 1 rings (SSSR count). The van der Waals surface area contributed by atoms with Gasteiger partial charge in [0.1, 0.15) is 12.2 Å². The summed E-state index contributed by atoms with van der Waals surface area (Å²) in [5, 5.41) is 27.7. The summed E-state index contributed by atoms with van der Waals surface area (Å²) in [6.07, 6.45) is -1.91. The lowest BCUT2D eigenvalue weighted by Gasteiger charge is -2.15. The summed E-state index contributed by atoms with van der Waals surface area (Å²) in [5.74, 6) is -0.911. The number of carbonyl (C=O) groups is 1. The fourth-order valence-corrected chi connectivity index (χ4v) is 1.16. The summed E-state index contributed by atoms with van der Waals surface area (Å²) >= 11 is 0. The third-order valence-corrected chi connectivity index (χ3v) is 2.05. The minimum atomic E-state index is -1.68. The van der Waals surface area contributed by atoms with Gasteiger partial charge in [-0.1, -0.05) is 0 Å². The maximum Gasteiger partial charge on any atom is 0.338 e. The van der Waals surface area contributed by atoms with Crippen molar-refractivity contribution in [1.29, 1.82) is 5.26 Å². The van der Waals surface area contributed by atoms with Crippen molar-refractivity contribution in [3.05, 3.63) is 29.6 Å². The molecule has 0 bridgehead atoms. The lowest BCUT2D eigenvalue weighted by Crippen LogP contribution is -2.30. The second-order valence-electron chi connectivity index (χ2n) is 3.23. The molecular weight excluding hydrogens is 224 g/mol. The van der Waals surface area contributed by atoms with Crippen molar-refractivity contribution in [3.8, 4) is 6.07 Å². The number of hydrogen-bond acceptors (Lipinski definition) is 6. The van der Waals surface area contributed by atoms with E-state index < -0.39 is 18.2 Å². The molecule has 1 aromatic heterocycles. The molecule has 0 aliphatic heterocycles. The van der Waals surface area contributed by atoms with Crippen LogP contribution in [0.2, 0.25) is 0 Å². The Kier molecular flexibility index (Phi) is 4.57. The average Bonchev–Trinajstić information content (AvgIpc) is 2.37. The smallest absolute Gasteiger partial charge is 0.338 e. The summed E-state index contributed by atoms with van der Waals surface area (Å²) < 4.78 is 4.56. The molecular formula is C11H12N2O4. The minimum Gasteiger partial charge on any atom is -0.464 e. The quantitative estimate of drug-likeness (QED) is 0.708. The molecule has 0 fully saturated rings. The molecule has 0 radical (unpaired) electrons. The van der Waals surface area contributed by atoms with Crippen LogP contribution in [-0.4, -0.2) is 33.9 Å². The highest BCUT2D eigenvalue weighted by atomic mass is 16.5. The third kappa shape index (κ3) is 3.24. The number of pyridine rings is 1. The Morgan fingerprint density at radius 2 is 2.29 bits per heavy atom. The molecule has 17 heavy (non-hydrogen) atoms. The van der Waals surface area contributed by atoms with Crippen LogP contribution in [-0.2, 0) is 9.53 Å². The Balaban J connectivity index is 2.78. The molecule has 0 aliphatic rings. The van der Waals surface area contributed by atoms with Crippen LogP contribution in [0.4, 0.5) is 0 Å². The first-order valence-electron chi connectivity index (χ1n) is 4.99. The SMILES string of the molecule is CCOC(=O)C(O)C(O)c1ccc(C#N)cn1. The summed E-state index contributed by atoms with van der Waals surface area (Å²) in [4.78, 5) is 14.9. The maximum atomic E-state index is 11.2.